The molecule has 1 N–H and O–H groups in total. The van der Waals surface area contributed by atoms with E-state index in [9.17, 15) is 18.0 Å². The van der Waals surface area contributed by atoms with E-state index in [0.29, 0.717) is 11.3 Å². The third-order valence-corrected chi connectivity index (χ3v) is 3.67. The summed E-state index contributed by atoms with van der Waals surface area (Å²) >= 11 is 0. The van der Waals surface area contributed by atoms with Crippen molar-refractivity contribution in [1.29, 1.82) is 0 Å². The Balaban J connectivity index is 1.67. The highest BCUT2D eigenvalue weighted by atomic mass is 19.3. The number of amides is 1. The zero-order valence-corrected chi connectivity index (χ0v) is 13.7. The molecular formula is C17H15F3N4O2. The lowest BCUT2D eigenvalue weighted by Gasteiger charge is -2.11. The van der Waals surface area contributed by atoms with E-state index in [4.69, 9.17) is 0 Å². The summed E-state index contributed by atoms with van der Waals surface area (Å²) in [5.41, 5.74) is 2.14. The van der Waals surface area contributed by atoms with Gasteiger partial charge in [0.15, 0.2) is 5.65 Å². The molecule has 0 radical (unpaired) electrons. The van der Waals surface area contributed by atoms with E-state index in [1.165, 1.54) is 0 Å². The van der Waals surface area contributed by atoms with Gasteiger partial charge in [-0.25, -0.2) is 9.37 Å². The first kappa shape index (κ1) is 17.7. The Labute approximate surface area is 146 Å². The Bertz CT molecular complexity index is 943. The van der Waals surface area contributed by atoms with Crippen LogP contribution in [0.1, 0.15) is 17.0 Å². The fraction of sp³-hybridized carbons (Fsp3) is 0.235. The second-order valence-corrected chi connectivity index (χ2v) is 5.59. The highest BCUT2D eigenvalue weighted by Gasteiger charge is 2.13. The summed E-state index contributed by atoms with van der Waals surface area (Å²) in [5, 5.41) is 2.55. The van der Waals surface area contributed by atoms with Crippen LogP contribution < -0.4 is 10.1 Å². The molecule has 0 saturated carbocycles. The summed E-state index contributed by atoms with van der Waals surface area (Å²) in [6, 6.07) is 3.15. The van der Waals surface area contributed by atoms with E-state index in [-0.39, 0.29) is 30.2 Å². The minimum atomic E-state index is -3.04. The number of hydrogen-bond donors (Lipinski definition) is 1. The highest BCUT2D eigenvalue weighted by molar-refractivity contribution is 5.78. The average molecular weight is 364 g/mol. The molecule has 1 amide bonds. The van der Waals surface area contributed by atoms with E-state index in [2.05, 4.69) is 20.0 Å². The number of alkyl halides is 2. The van der Waals surface area contributed by atoms with Crippen molar-refractivity contribution in [2.45, 2.75) is 26.5 Å². The first-order valence-electron chi connectivity index (χ1n) is 7.71. The number of nitrogens with zero attached hydrogens (tertiary/aromatic N) is 3. The number of imidazole rings is 1. The van der Waals surface area contributed by atoms with Crippen molar-refractivity contribution in [3.05, 3.63) is 59.6 Å². The first-order chi connectivity index (χ1) is 12.4. The monoisotopic (exact) mass is 364 g/mol. The molecule has 0 unspecified atom stereocenters. The van der Waals surface area contributed by atoms with Gasteiger partial charge in [-0.3, -0.25) is 9.78 Å². The number of rotatable bonds is 6. The van der Waals surface area contributed by atoms with Gasteiger partial charge in [0.1, 0.15) is 11.6 Å². The smallest absolute Gasteiger partial charge is 0.387 e. The van der Waals surface area contributed by atoms with Crippen LogP contribution in [0.2, 0.25) is 0 Å². The molecule has 0 fully saturated rings. The minimum Gasteiger partial charge on any atom is -0.434 e. The largest absolute Gasteiger partial charge is 0.434 e. The number of aromatic nitrogens is 3. The number of ether oxygens (including phenoxy) is 1. The van der Waals surface area contributed by atoms with Gasteiger partial charge in [0.05, 0.1) is 18.3 Å². The third kappa shape index (κ3) is 4.11. The van der Waals surface area contributed by atoms with Crippen LogP contribution in [-0.4, -0.2) is 26.9 Å². The van der Waals surface area contributed by atoms with Gasteiger partial charge in [-0.1, -0.05) is 0 Å². The molecule has 0 aliphatic carbocycles. The standard InChI is InChI=1S/C17H15F3N4O2/c1-10-6-21-8-15-23-13(9-24(10)15)5-16(25)22-7-11-4-12(18)2-3-14(11)26-17(19)20/h2-4,6,8-9,17H,5,7H2,1H3,(H,22,25). The number of hydrogen-bond acceptors (Lipinski definition) is 4. The lowest BCUT2D eigenvalue weighted by molar-refractivity contribution is -0.120. The maximum Gasteiger partial charge on any atom is 0.387 e. The molecule has 0 aliphatic rings. The molecular weight excluding hydrogens is 349 g/mol. The summed E-state index contributed by atoms with van der Waals surface area (Å²) < 4.78 is 44.3. The number of fused-ring (bicyclic) bond motifs is 1. The molecule has 3 rings (SSSR count). The minimum absolute atomic E-state index is 0.0124. The van der Waals surface area contributed by atoms with Crippen molar-refractivity contribution >= 4 is 11.6 Å². The highest BCUT2D eigenvalue weighted by Crippen LogP contribution is 2.21. The van der Waals surface area contributed by atoms with Crippen LogP contribution in [0, 0.1) is 12.7 Å². The van der Waals surface area contributed by atoms with E-state index in [1.54, 1.807) is 23.0 Å². The van der Waals surface area contributed by atoms with Crippen LogP contribution in [-0.2, 0) is 17.8 Å². The lowest BCUT2D eigenvalue weighted by Crippen LogP contribution is -2.25. The Hall–Kier alpha value is -3.10. The zero-order chi connectivity index (χ0) is 18.7. The second kappa shape index (κ2) is 7.42. The van der Waals surface area contributed by atoms with Crippen molar-refractivity contribution in [3.63, 3.8) is 0 Å². The van der Waals surface area contributed by atoms with Crippen molar-refractivity contribution < 1.29 is 22.7 Å². The number of nitrogens with one attached hydrogen (secondary N) is 1. The predicted octanol–water partition coefficient (Wildman–Crippen LogP) is 2.64. The molecule has 0 atom stereocenters. The Kier molecular flexibility index (Phi) is 5.06. The van der Waals surface area contributed by atoms with Gasteiger partial charge in [-0.15, -0.1) is 0 Å². The Morgan fingerprint density at radius 2 is 2.15 bits per heavy atom. The van der Waals surface area contributed by atoms with Crippen molar-refractivity contribution in [2.24, 2.45) is 0 Å². The number of halogens is 3. The van der Waals surface area contributed by atoms with Crippen molar-refractivity contribution in [3.8, 4) is 5.75 Å². The first-order valence-corrected chi connectivity index (χ1v) is 7.71. The molecule has 26 heavy (non-hydrogen) atoms. The normalized spacial score (nSPS) is 11.1. The molecule has 2 aromatic heterocycles. The van der Waals surface area contributed by atoms with Crippen molar-refractivity contribution in [1.82, 2.24) is 19.7 Å². The average Bonchev–Trinajstić information content (AvgIpc) is 2.98. The van der Waals surface area contributed by atoms with Crippen LogP contribution in [0.15, 0.2) is 36.8 Å². The van der Waals surface area contributed by atoms with E-state index < -0.39 is 12.4 Å². The fourth-order valence-electron chi connectivity index (χ4n) is 2.50. The molecule has 6 nitrogen and oxygen atoms in total. The number of carbonyl (C=O) groups excluding carboxylic acids is 1. The molecule has 136 valence electrons. The zero-order valence-electron chi connectivity index (χ0n) is 13.7. The van der Waals surface area contributed by atoms with Gasteiger partial charge in [0.25, 0.3) is 0 Å². The molecule has 3 aromatic rings. The van der Waals surface area contributed by atoms with Crippen LogP contribution >= 0.6 is 0 Å². The molecule has 0 spiro atoms. The van der Waals surface area contributed by atoms with Gasteiger partial charge in [0.2, 0.25) is 5.91 Å². The Morgan fingerprint density at radius 3 is 2.88 bits per heavy atom. The summed E-state index contributed by atoms with van der Waals surface area (Å²) in [6.45, 7) is -1.32. The van der Waals surface area contributed by atoms with E-state index in [0.717, 1.165) is 23.9 Å². The van der Waals surface area contributed by atoms with Gasteiger partial charge in [0, 0.05) is 30.2 Å². The summed E-state index contributed by atoms with van der Waals surface area (Å²) in [6.07, 6.45) is 4.96. The second-order valence-electron chi connectivity index (χ2n) is 5.59. The van der Waals surface area contributed by atoms with Gasteiger partial charge < -0.3 is 14.5 Å². The maximum absolute atomic E-state index is 13.3. The summed E-state index contributed by atoms with van der Waals surface area (Å²) in [7, 11) is 0. The fourth-order valence-corrected chi connectivity index (χ4v) is 2.50. The molecule has 2 heterocycles. The van der Waals surface area contributed by atoms with Crippen molar-refractivity contribution in [2.75, 3.05) is 0 Å². The van der Waals surface area contributed by atoms with Crippen LogP contribution in [0.4, 0.5) is 13.2 Å². The molecule has 0 aliphatic heterocycles. The van der Waals surface area contributed by atoms with Crippen LogP contribution in [0.25, 0.3) is 5.65 Å². The number of aryl methyl sites for hydroxylation is 1. The molecule has 0 bridgehead atoms. The summed E-state index contributed by atoms with van der Waals surface area (Å²) in [5.74, 6) is -1.18. The third-order valence-electron chi connectivity index (χ3n) is 3.67. The molecule has 1 aromatic carbocycles. The predicted molar refractivity (Wildman–Crippen MR) is 86.3 cm³/mol. The van der Waals surface area contributed by atoms with Crippen LogP contribution in [0.3, 0.4) is 0 Å². The van der Waals surface area contributed by atoms with E-state index >= 15 is 0 Å². The van der Waals surface area contributed by atoms with Crippen LogP contribution in [0.5, 0.6) is 5.75 Å². The number of benzene rings is 1. The van der Waals surface area contributed by atoms with E-state index in [1.807, 2.05) is 6.92 Å². The quantitative estimate of drug-likeness (QED) is 0.730. The summed E-state index contributed by atoms with van der Waals surface area (Å²) in [4.78, 5) is 20.4. The SMILES string of the molecule is Cc1cncc2nc(CC(=O)NCc3cc(F)ccc3OC(F)F)cn12. The lowest BCUT2D eigenvalue weighted by atomic mass is 10.2. The van der Waals surface area contributed by atoms with Gasteiger partial charge in [-0.2, -0.15) is 8.78 Å². The maximum atomic E-state index is 13.3. The Morgan fingerprint density at radius 1 is 1.35 bits per heavy atom. The van der Waals surface area contributed by atoms with Gasteiger partial charge in [-0.05, 0) is 25.1 Å². The van der Waals surface area contributed by atoms with Gasteiger partial charge >= 0.3 is 6.61 Å². The topological polar surface area (TPSA) is 68.5 Å². The molecule has 0 saturated heterocycles. The molecule has 9 heteroatoms. The number of carbonyl (C=O) groups is 1.